The molecule has 0 nitrogen and oxygen atoms in total. The molecule has 0 bridgehead atoms. The Balaban J connectivity index is -0.000000129. The normalized spacial score (nSPS) is 8.56. The van der Waals surface area contributed by atoms with Gasteiger partial charge in [0.2, 0.25) is 0 Å². The molecule has 0 aliphatic rings. The fourth-order valence-electron chi connectivity index (χ4n) is 1.14. The van der Waals surface area contributed by atoms with Crippen molar-refractivity contribution in [3.8, 4) is 0 Å². The lowest BCUT2D eigenvalue weighted by Crippen LogP contribution is -1.97. The molecule has 0 aliphatic carbocycles. The third-order valence-corrected chi connectivity index (χ3v) is 1.96. The van der Waals surface area contributed by atoms with Crippen LogP contribution < -0.4 is 0 Å². The highest BCUT2D eigenvalue weighted by Gasteiger charge is 2.03. The lowest BCUT2D eigenvalue weighted by atomic mass is 9.95. The van der Waals surface area contributed by atoms with Crippen molar-refractivity contribution in [1.82, 2.24) is 0 Å². The van der Waals surface area contributed by atoms with Crippen LogP contribution in [0.4, 0.5) is 0 Å². The molecule has 0 heterocycles. The average Bonchev–Trinajstić information content (AvgIpc) is 2.18. The minimum atomic E-state index is 0. The molecule has 0 fully saturated rings. The highest BCUT2D eigenvalue weighted by molar-refractivity contribution is 5.20. The first-order valence-corrected chi connectivity index (χ1v) is 5.65. The number of allylic oxidation sites excluding steroid dienone is 4. The van der Waals surface area contributed by atoms with Crippen LogP contribution in [-0.4, -0.2) is 0 Å². The molecule has 0 aliphatic heterocycles. The van der Waals surface area contributed by atoms with Gasteiger partial charge in [0, 0.05) is 0 Å². The predicted molar refractivity (Wildman–Crippen MR) is 82.0 cm³/mol. The molecular formula is C16H34. The van der Waals surface area contributed by atoms with E-state index in [0.29, 0.717) is 5.92 Å². The summed E-state index contributed by atoms with van der Waals surface area (Å²) in [7, 11) is 0. The van der Waals surface area contributed by atoms with E-state index in [-0.39, 0.29) is 14.9 Å². The van der Waals surface area contributed by atoms with Crippen LogP contribution in [0.1, 0.15) is 61.8 Å². The maximum atomic E-state index is 4.00. The third kappa shape index (κ3) is 15.7. The van der Waals surface area contributed by atoms with E-state index in [1.165, 1.54) is 24.8 Å². The Kier molecular flexibility index (Phi) is 30.2. The summed E-state index contributed by atoms with van der Waals surface area (Å²) >= 11 is 0. The van der Waals surface area contributed by atoms with Crippen LogP contribution in [0.3, 0.4) is 0 Å². The number of rotatable bonds is 5. The molecule has 0 aromatic carbocycles. The summed E-state index contributed by atoms with van der Waals surface area (Å²) in [5.41, 5.74) is 1.22. The predicted octanol–water partition coefficient (Wildman–Crippen LogP) is 6.41. The molecule has 0 aromatic heterocycles. The molecule has 0 spiro atoms. The van der Waals surface area contributed by atoms with Gasteiger partial charge in [-0.15, -0.1) is 0 Å². The first-order valence-electron chi connectivity index (χ1n) is 5.65. The number of hydrogen-bond donors (Lipinski definition) is 0. The lowest BCUT2D eigenvalue weighted by molar-refractivity contribution is 0.585. The first kappa shape index (κ1) is 24.4. The fraction of sp³-hybridized carbons (Fsp3) is 0.625. The van der Waals surface area contributed by atoms with E-state index in [2.05, 4.69) is 40.9 Å². The van der Waals surface area contributed by atoms with Gasteiger partial charge in [0.05, 0.1) is 0 Å². The molecule has 0 heteroatoms. The van der Waals surface area contributed by atoms with Crippen molar-refractivity contribution >= 4 is 0 Å². The second kappa shape index (κ2) is 19.7. The Hall–Kier alpha value is -0.780. The minimum absolute atomic E-state index is 0. The van der Waals surface area contributed by atoms with Gasteiger partial charge < -0.3 is 0 Å². The second-order valence-corrected chi connectivity index (χ2v) is 3.39. The van der Waals surface area contributed by atoms with Crippen LogP contribution in [-0.2, 0) is 0 Å². The Morgan fingerprint density at radius 2 is 1.44 bits per heavy atom. The van der Waals surface area contributed by atoms with Gasteiger partial charge in [-0.05, 0) is 18.8 Å². The molecule has 0 N–H and O–H groups in total. The Morgan fingerprint density at radius 3 is 1.69 bits per heavy atom. The molecule has 0 radical (unpaired) electrons. The van der Waals surface area contributed by atoms with Gasteiger partial charge in [-0.25, -0.2) is 0 Å². The summed E-state index contributed by atoms with van der Waals surface area (Å²) in [6, 6.07) is 0. The van der Waals surface area contributed by atoms with Crippen LogP contribution in [0.15, 0.2) is 37.0 Å². The Morgan fingerprint density at radius 1 is 1.06 bits per heavy atom. The van der Waals surface area contributed by atoms with Crippen molar-refractivity contribution in [2.24, 2.45) is 5.92 Å². The van der Waals surface area contributed by atoms with Gasteiger partial charge >= 0.3 is 0 Å². The largest absolute Gasteiger partial charge is 0.0991 e. The van der Waals surface area contributed by atoms with Crippen LogP contribution >= 0.6 is 0 Å². The van der Waals surface area contributed by atoms with Crippen LogP contribution in [0.25, 0.3) is 0 Å². The standard InChI is InChI=1S/C11H18.C3H8.2CH4/c1-5-8-9-10(4)11(6-2)7-3;1-3-2;;/h5,8-9,11H,1,4,6-7H2,2-3H3;3H2,1-2H3;2*1H4/b9-8-;;;. The maximum Gasteiger partial charge on any atom is -0.0173 e. The van der Waals surface area contributed by atoms with Crippen molar-refractivity contribution in [3.05, 3.63) is 37.0 Å². The van der Waals surface area contributed by atoms with Gasteiger partial charge in [0.15, 0.2) is 0 Å². The zero-order valence-electron chi connectivity index (χ0n) is 10.3. The zero-order chi connectivity index (χ0) is 11.4. The molecule has 0 rings (SSSR count). The van der Waals surface area contributed by atoms with Crippen LogP contribution in [0.2, 0.25) is 0 Å². The van der Waals surface area contributed by atoms with E-state index in [1.807, 2.05) is 12.2 Å². The SMILES string of the molecule is C.C.C=C/C=C\C(=C)C(CC)CC.CCC. The van der Waals surface area contributed by atoms with E-state index in [1.54, 1.807) is 6.08 Å². The van der Waals surface area contributed by atoms with E-state index in [9.17, 15) is 0 Å². The van der Waals surface area contributed by atoms with Crippen molar-refractivity contribution in [1.29, 1.82) is 0 Å². The Bertz CT molecular complexity index is 159. The molecule has 0 atom stereocenters. The van der Waals surface area contributed by atoms with Gasteiger partial charge in [-0.1, -0.05) is 85.9 Å². The van der Waals surface area contributed by atoms with Gasteiger partial charge in [0.1, 0.15) is 0 Å². The minimum Gasteiger partial charge on any atom is -0.0991 e. The van der Waals surface area contributed by atoms with Gasteiger partial charge in [-0.3, -0.25) is 0 Å². The molecule has 98 valence electrons. The quantitative estimate of drug-likeness (QED) is 0.475. The van der Waals surface area contributed by atoms with Gasteiger partial charge in [-0.2, -0.15) is 0 Å². The van der Waals surface area contributed by atoms with E-state index in [4.69, 9.17) is 0 Å². The molecule has 0 saturated carbocycles. The molecule has 0 saturated heterocycles. The summed E-state index contributed by atoms with van der Waals surface area (Å²) in [6.07, 6.45) is 9.38. The molecule has 0 amide bonds. The second-order valence-electron chi connectivity index (χ2n) is 3.39. The number of hydrogen-bond acceptors (Lipinski definition) is 0. The van der Waals surface area contributed by atoms with E-state index in [0.717, 1.165) is 0 Å². The Labute approximate surface area is 105 Å². The molecule has 0 aromatic rings. The first-order chi connectivity index (χ1) is 6.67. The van der Waals surface area contributed by atoms with Crippen molar-refractivity contribution in [2.45, 2.75) is 61.8 Å². The third-order valence-electron chi connectivity index (χ3n) is 1.96. The summed E-state index contributed by atoms with van der Waals surface area (Å²) in [4.78, 5) is 0. The van der Waals surface area contributed by atoms with E-state index >= 15 is 0 Å². The smallest absolute Gasteiger partial charge is 0.0173 e. The van der Waals surface area contributed by atoms with E-state index < -0.39 is 0 Å². The average molecular weight is 226 g/mol. The zero-order valence-corrected chi connectivity index (χ0v) is 10.3. The molecular weight excluding hydrogens is 192 g/mol. The summed E-state index contributed by atoms with van der Waals surface area (Å²) in [6.45, 7) is 16.3. The summed E-state index contributed by atoms with van der Waals surface area (Å²) in [5.74, 6) is 0.645. The topological polar surface area (TPSA) is 0 Å². The van der Waals surface area contributed by atoms with Gasteiger partial charge in [0.25, 0.3) is 0 Å². The monoisotopic (exact) mass is 226 g/mol. The van der Waals surface area contributed by atoms with Crippen LogP contribution in [0, 0.1) is 5.92 Å². The summed E-state index contributed by atoms with van der Waals surface area (Å²) in [5, 5.41) is 0. The highest BCUT2D eigenvalue weighted by Crippen LogP contribution is 2.17. The fourth-order valence-corrected chi connectivity index (χ4v) is 1.14. The molecule has 16 heavy (non-hydrogen) atoms. The summed E-state index contributed by atoms with van der Waals surface area (Å²) < 4.78 is 0. The highest BCUT2D eigenvalue weighted by atomic mass is 14.1. The van der Waals surface area contributed by atoms with Crippen molar-refractivity contribution < 1.29 is 0 Å². The van der Waals surface area contributed by atoms with Crippen LogP contribution in [0.5, 0.6) is 0 Å². The maximum absolute atomic E-state index is 4.00. The lowest BCUT2D eigenvalue weighted by Gasteiger charge is -2.11. The van der Waals surface area contributed by atoms with Crippen molar-refractivity contribution in [2.75, 3.05) is 0 Å². The van der Waals surface area contributed by atoms with Crippen molar-refractivity contribution in [3.63, 3.8) is 0 Å². The molecule has 0 unspecified atom stereocenters.